The van der Waals surface area contributed by atoms with Gasteiger partial charge in [0.1, 0.15) is 0 Å². The summed E-state index contributed by atoms with van der Waals surface area (Å²) in [6.45, 7) is 0.487. The maximum absolute atomic E-state index is 11.8. The smallest absolute Gasteiger partial charge is 0.228 e. The number of hydrogen-bond acceptors (Lipinski definition) is 2. The van der Waals surface area contributed by atoms with Crippen LogP contribution in [-0.2, 0) is 4.79 Å². The Morgan fingerprint density at radius 2 is 2.29 bits per heavy atom. The van der Waals surface area contributed by atoms with Crippen LogP contribution in [0.3, 0.4) is 0 Å². The highest BCUT2D eigenvalue weighted by Gasteiger charge is 2.30. The molecule has 2 rings (SSSR count). The maximum atomic E-state index is 11.8. The second-order valence-electron chi connectivity index (χ2n) is 3.85. The van der Waals surface area contributed by atoms with Crippen molar-refractivity contribution in [2.75, 3.05) is 11.4 Å². The van der Waals surface area contributed by atoms with Gasteiger partial charge in [0.15, 0.2) is 0 Å². The number of terminal acetylenes is 1. The number of amides is 1. The summed E-state index contributed by atoms with van der Waals surface area (Å²) in [4.78, 5) is 13.3. The van der Waals surface area contributed by atoms with Crippen LogP contribution in [0.15, 0.2) is 18.2 Å². The highest BCUT2D eigenvalue weighted by Crippen LogP contribution is 2.31. The van der Waals surface area contributed by atoms with E-state index >= 15 is 0 Å². The zero-order valence-corrected chi connectivity index (χ0v) is 9.74. The van der Waals surface area contributed by atoms with Crippen LogP contribution < -0.4 is 4.90 Å². The maximum Gasteiger partial charge on any atom is 0.228 e. The molecule has 0 N–H and O–H groups in total. The minimum absolute atomic E-state index is 0.0282. The summed E-state index contributed by atoms with van der Waals surface area (Å²) >= 11 is 6.05. The zero-order valence-electron chi connectivity index (χ0n) is 8.98. The van der Waals surface area contributed by atoms with E-state index in [0.29, 0.717) is 29.2 Å². The first kappa shape index (κ1) is 11.5. The first-order valence-corrected chi connectivity index (χ1v) is 5.49. The quantitative estimate of drug-likeness (QED) is 0.711. The Hall–Kier alpha value is -1.97. The number of carbonyl (C=O) groups excluding carboxylic acids is 1. The van der Waals surface area contributed by atoms with E-state index in [0.717, 1.165) is 0 Å². The third-order valence-corrected chi connectivity index (χ3v) is 3.03. The van der Waals surface area contributed by atoms with E-state index in [4.69, 9.17) is 23.3 Å². The molecule has 4 heteroatoms. The fourth-order valence-electron chi connectivity index (χ4n) is 1.85. The van der Waals surface area contributed by atoms with Crippen LogP contribution in [-0.4, -0.2) is 12.5 Å². The summed E-state index contributed by atoms with van der Waals surface area (Å²) in [5.74, 6) is 2.49. The molecule has 1 aliphatic rings. The molecule has 1 saturated heterocycles. The van der Waals surface area contributed by atoms with Gasteiger partial charge in [-0.3, -0.25) is 4.79 Å². The van der Waals surface area contributed by atoms with Crippen LogP contribution >= 0.6 is 11.6 Å². The molecule has 0 aromatic heterocycles. The normalized spacial score (nSPS) is 18.9. The summed E-state index contributed by atoms with van der Waals surface area (Å²) in [6.07, 6.45) is 5.67. The number of hydrogen-bond donors (Lipinski definition) is 0. The van der Waals surface area contributed by atoms with Crippen molar-refractivity contribution in [2.24, 2.45) is 5.92 Å². The lowest BCUT2D eigenvalue weighted by molar-refractivity contribution is -0.117. The van der Waals surface area contributed by atoms with Gasteiger partial charge in [-0.05, 0) is 18.2 Å². The molecule has 0 aliphatic carbocycles. The zero-order chi connectivity index (χ0) is 12.4. The SMILES string of the molecule is C#CC1CC(=O)N(c2ccc(C#N)cc2Cl)C1. The van der Waals surface area contributed by atoms with Crippen LogP contribution in [0.25, 0.3) is 0 Å². The second-order valence-corrected chi connectivity index (χ2v) is 4.26. The molecular weight excluding hydrogens is 236 g/mol. The molecule has 1 amide bonds. The number of halogens is 1. The van der Waals surface area contributed by atoms with E-state index in [2.05, 4.69) is 5.92 Å². The molecule has 1 unspecified atom stereocenters. The Balaban J connectivity index is 2.33. The molecule has 1 aliphatic heterocycles. The lowest BCUT2D eigenvalue weighted by Crippen LogP contribution is -2.24. The van der Waals surface area contributed by atoms with E-state index < -0.39 is 0 Å². The van der Waals surface area contributed by atoms with E-state index in [9.17, 15) is 4.79 Å². The summed E-state index contributed by atoms with van der Waals surface area (Å²) in [6, 6.07) is 6.86. The van der Waals surface area contributed by atoms with Crippen LogP contribution in [0.2, 0.25) is 5.02 Å². The fraction of sp³-hybridized carbons (Fsp3) is 0.231. The minimum Gasteiger partial charge on any atom is -0.310 e. The average Bonchev–Trinajstić information content (AvgIpc) is 2.70. The summed E-state index contributed by atoms with van der Waals surface area (Å²) < 4.78 is 0. The van der Waals surface area contributed by atoms with Crippen molar-refractivity contribution in [3.63, 3.8) is 0 Å². The van der Waals surface area contributed by atoms with Gasteiger partial charge < -0.3 is 4.90 Å². The Morgan fingerprint density at radius 3 is 2.82 bits per heavy atom. The predicted molar refractivity (Wildman–Crippen MR) is 65.5 cm³/mol. The van der Waals surface area contributed by atoms with Crippen LogP contribution in [0.4, 0.5) is 5.69 Å². The number of nitriles is 1. The van der Waals surface area contributed by atoms with E-state index in [1.54, 1.807) is 23.1 Å². The van der Waals surface area contributed by atoms with Crippen molar-refractivity contribution in [2.45, 2.75) is 6.42 Å². The molecule has 3 nitrogen and oxygen atoms in total. The average molecular weight is 245 g/mol. The first-order chi connectivity index (χ1) is 8.15. The van der Waals surface area contributed by atoms with Gasteiger partial charge in [0, 0.05) is 18.9 Å². The Bertz CT molecular complexity index is 554. The van der Waals surface area contributed by atoms with Gasteiger partial charge in [-0.1, -0.05) is 11.6 Å². The molecule has 0 saturated carbocycles. The highest BCUT2D eigenvalue weighted by molar-refractivity contribution is 6.34. The van der Waals surface area contributed by atoms with Gasteiger partial charge in [0.25, 0.3) is 0 Å². The Morgan fingerprint density at radius 1 is 1.53 bits per heavy atom. The van der Waals surface area contributed by atoms with Gasteiger partial charge in [-0.15, -0.1) is 12.3 Å². The van der Waals surface area contributed by atoms with Gasteiger partial charge in [0.05, 0.1) is 22.3 Å². The standard InChI is InChI=1S/C13H9ClN2O/c1-2-9-6-13(17)16(8-9)12-4-3-10(7-15)5-11(12)14/h1,3-5,9H,6,8H2. The van der Waals surface area contributed by atoms with Gasteiger partial charge in [-0.2, -0.15) is 5.26 Å². The summed E-state index contributed by atoms with van der Waals surface area (Å²) in [5.41, 5.74) is 1.09. The minimum atomic E-state index is -0.0609. The Kier molecular flexibility index (Phi) is 3.04. The molecule has 1 aromatic carbocycles. The molecule has 1 heterocycles. The monoisotopic (exact) mass is 244 g/mol. The lowest BCUT2D eigenvalue weighted by Gasteiger charge is -2.17. The fourth-order valence-corrected chi connectivity index (χ4v) is 2.13. The molecule has 1 atom stereocenters. The van der Waals surface area contributed by atoms with E-state index in [-0.39, 0.29) is 11.8 Å². The lowest BCUT2D eigenvalue weighted by atomic mass is 10.1. The van der Waals surface area contributed by atoms with E-state index in [1.165, 1.54) is 0 Å². The summed E-state index contributed by atoms with van der Waals surface area (Å²) in [7, 11) is 0. The van der Waals surface area contributed by atoms with Crippen LogP contribution in [0.1, 0.15) is 12.0 Å². The van der Waals surface area contributed by atoms with Crippen LogP contribution in [0, 0.1) is 29.6 Å². The van der Waals surface area contributed by atoms with E-state index in [1.807, 2.05) is 6.07 Å². The predicted octanol–water partition coefficient (Wildman–Crippen LogP) is 2.20. The van der Waals surface area contributed by atoms with Crippen molar-refractivity contribution < 1.29 is 4.79 Å². The van der Waals surface area contributed by atoms with Crippen molar-refractivity contribution in [3.05, 3.63) is 28.8 Å². The molecular formula is C13H9ClN2O. The third-order valence-electron chi connectivity index (χ3n) is 2.73. The van der Waals surface area contributed by atoms with Gasteiger partial charge >= 0.3 is 0 Å². The number of nitrogens with zero attached hydrogens (tertiary/aromatic N) is 2. The van der Waals surface area contributed by atoms with Crippen molar-refractivity contribution >= 4 is 23.2 Å². The molecule has 84 valence electrons. The van der Waals surface area contributed by atoms with Gasteiger partial charge in [-0.25, -0.2) is 0 Å². The molecule has 1 fully saturated rings. The number of carbonyl (C=O) groups is 1. The van der Waals surface area contributed by atoms with Crippen molar-refractivity contribution in [1.82, 2.24) is 0 Å². The first-order valence-electron chi connectivity index (χ1n) is 5.12. The Labute approximate surface area is 105 Å². The second kappa shape index (κ2) is 4.49. The largest absolute Gasteiger partial charge is 0.310 e. The molecule has 0 bridgehead atoms. The highest BCUT2D eigenvalue weighted by atomic mass is 35.5. The number of benzene rings is 1. The van der Waals surface area contributed by atoms with Gasteiger partial charge in [0.2, 0.25) is 5.91 Å². The summed E-state index contributed by atoms with van der Waals surface area (Å²) in [5, 5.41) is 9.13. The number of rotatable bonds is 1. The topological polar surface area (TPSA) is 44.1 Å². The van der Waals surface area contributed by atoms with Crippen molar-refractivity contribution in [3.8, 4) is 18.4 Å². The third kappa shape index (κ3) is 2.11. The molecule has 0 radical (unpaired) electrons. The van der Waals surface area contributed by atoms with Crippen molar-refractivity contribution in [1.29, 1.82) is 5.26 Å². The molecule has 0 spiro atoms. The molecule has 17 heavy (non-hydrogen) atoms. The molecule has 1 aromatic rings. The number of anilines is 1. The van der Waals surface area contributed by atoms with Crippen LogP contribution in [0.5, 0.6) is 0 Å².